The number of benzene rings is 1. The largest absolute Gasteiger partial charge is 0.315 e. The van der Waals surface area contributed by atoms with Gasteiger partial charge in [-0.05, 0) is 6.07 Å². The molecule has 2 heteroatoms. The van der Waals surface area contributed by atoms with Gasteiger partial charge >= 0.3 is 0 Å². The van der Waals surface area contributed by atoms with Crippen LogP contribution in [0.3, 0.4) is 0 Å². The number of hydrogen-bond acceptors (Lipinski definition) is 1. The molecule has 11 heavy (non-hydrogen) atoms. The standard InChI is InChI=1S/C9H10NO/c1-8(11)10(2)9-6-4-3-5-7-9/h3-6H,1-2H3. The van der Waals surface area contributed by atoms with Crippen LogP contribution in [-0.4, -0.2) is 13.0 Å². The molecular weight excluding hydrogens is 138 g/mol. The van der Waals surface area contributed by atoms with E-state index in [2.05, 4.69) is 6.07 Å². The molecular formula is C9H10NO. The Kier molecular flexibility index (Phi) is 2.26. The number of amides is 1. The molecule has 1 aromatic rings. The zero-order valence-electron chi connectivity index (χ0n) is 6.66. The van der Waals surface area contributed by atoms with Gasteiger partial charge in [-0.15, -0.1) is 0 Å². The highest BCUT2D eigenvalue weighted by Crippen LogP contribution is 2.09. The van der Waals surface area contributed by atoms with E-state index in [4.69, 9.17) is 0 Å². The maximum absolute atomic E-state index is 10.9. The highest BCUT2D eigenvalue weighted by molar-refractivity contribution is 5.90. The minimum absolute atomic E-state index is 0.0208. The molecule has 0 aliphatic carbocycles. The van der Waals surface area contributed by atoms with Crippen molar-refractivity contribution < 1.29 is 4.79 Å². The fourth-order valence-electron chi connectivity index (χ4n) is 0.762. The van der Waals surface area contributed by atoms with Crippen LogP contribution in [0.1, 0.15) is 6.92 Å². The van der Waals surface area contributed by atoms with Gasteiger partial charge in [-0.2, -0.15) is 0 Å². The topological polar surface area (TPSA) is 20.3 Å². The van der Waals surface area contributed by atoms with Crippen LogP contribution in [0.4, 0.5) is 5.69 Å². The maximum atomic E-state index is 10.9. The number of anilines is 1. The van der Waals surface area contributed by atoms with Gasteiger partial charge in [-0.1, -0.05) is 18.2 Å². The van der Waals surface area contributed by atoms with Gasteiger partial charge in [-0.3, -0.25) is 4.79 Å². The summed E-state index contributed by atoms with van der Waals surface area (Å²) in [4.78, 5) is 12.4. The summed E-state index contributed by atoms with van der Waals surface area (Å²) >= 11 is 0. The van der Waals surface area contributed by atoms with E-state index in [9.17, 15) is 4.79 Å². The molecule has 0 spiro atoms. The second-order valence-electron chi connectivity index (χ2n) is 2.33. The van der Waals surface area contributed by atoms with Crippen LogP contribution in [0.2, 0.25) is 0 Å². The zero-order chi connectivity index (χ0) is 8.27. The van der Waals surface area contributed by atoms with Crippen molar-refractivity contribution in [2.45, 2.75) is 6.92 Å². The maximum Gasteiger partial charge on any atom is 0.223 e. The van der Waals surface area contributed by atoms with E-state index < -0.39 is 0 Å². The van der Waals surface area contributed by atoms with E-state index in [1.54, 1.807) is 18.0 Å². The van der Waals surface area contributed by atoms with Crippen LogP contribution < -0.4 is 4.90 Å². The Bertz CT molecular complexity index is 243. The molecule has 0 unspecified atom stereocenters. The molecule has 0 bridgehead atoms. The summed E-state index contributed by atoms with van der Waals surface area (Å²) in [5.74, 6) is 0.0208. The van der Waals surface area contributed by atoms with Gasteiger partial charge in [-0.25, -0.2) is 0 Å². The minimum atomic E-state index is 0.0208. The summed E-state index contributed by atoms with van der Waals surface area (Å²) in [6.07, 6.45) is 0. The van der Waals surface area contributed by atoms with Crippen LogP contribution in [0.5, 0.6) is 0 Å². The summed E-state index contributed by atoms with van der Waals surface area (Å²) in [5, 5.41) is 0. The van der Waals surface area contributed by atoms with Gasteiger partial charge in [0.15, 0.2) is 0 Å². The third-order valence-corrected chi connectivity index (χ3v) is 1.53. The molecule has 0 saturated heterocycles. The van der Waals surface area contributed by atoms with Gasteiger partial charge in [0.2, 0.25) is 5.91 Å². The van der Waals surface area contributed by atoms with E-state index >= 15 is 0 Å². The number of nitrogens with zero attached hydrogens (tertiary/aromatic N) is 1. The first-order valence-corrected chi connectivity index (χ1v) is 3.43. The lowest BCUT2D eigenvalue weighted by Gasteiger charge is -2.13. The van der Waals surface area contributed by atoms with E-state index in [1.807, 2.05) is 18.2 Å². The SMILES string of the molecule is CC(=O)N(C)c1[c]cccc1. The highest BCUT2D eigenvalue weighted by Gasteiger charge is 2.02. The number of para-hydroxylation sites is 1. The first kappa shape index (κ1) is 7.79. The Balaban J connectivity index is 2.85. The van der Waals surface area contributed by atoms with E-state index in [1.165, 1.54) is 6.92 Å². The summed E-state index contributed by atoms with van der Waals surface area (Å²) in [6, 6.07) is 10.3. The fraction of sp³-hybridized carbons (Fsp3) is 0.222. The fourth-order valence-corrected chi connectivity index (χ4v) is 0.762. The van der Waals surface area contributed by atoms with E-state index in [-0.39, 0.29) is 5.91 Å². The number of carbonyl (C=O) groups is 1. The van der Waals surface area contributed by atoms with Crippen LogP contribution in [-0.2, 0) is 4.79 Å². The van der Waals surface area contributed by atoms with Crippen molar-refractivity contribution in [3.63, 3.8) is 0 Å². The lowest BCUT2D eigenvalue weighted by Crippen LogP contribution is -2.22. The Morgan fingerprint density at radius 2 is 2.27 bits per heavy atom. The predicted molar refractivity (Wildman–Crippen MR) is 44.4 cm³/mol. The van der Waals surface area contributed by atoms with Crippen molar-refractivity contribution in [3.05, 3.63) is 30.3 Å². The van der Waals surface area contributed by atoms with Gasteiger partial charge in [0, 0.05) is 20.0 Å². The lowest BCUT2D eigenvalue weighted by molar-refractivity contribution is -0.116. The van der Waals surface area contributed by atoms with Crippen molar-refractivity contribution in [1.29, 1.82) is 0 Å². The molecule has 1 amide bonds. The number of hydrogen-bond donors (Lipinski definition) is 0. The van der Waals surface area contributed by atoms with Crippen LogP contribution in [0.25, 0.3) is 0 Å². The van der Waals surface area contributed by atoms with Crippen LogP contribution in [0.15, 0.2) is 24.3 Å². The second-order valence-corrected chi connectivity index (χ2v) is 2.33. The smallest absolute Gasteiger partial charge is 0.223 e. The molecule has 0 saturated carbocycles. The van der Waals surface area contributed by atoms with Gasteiger partial charge in [0.25, 0.3) is 0 Å². The summed E-state index contributed by atoms with van der Waals surface area (Å²) in [6.45, 7) is 1.53. The second kappa shape index (κ2) is 3.19. The van der Waals surface area contributed by atoms with Crippen molar-refractivity contribution in [1.82, 2.24) is 0 Å². The predicted octanol–water partition coefficient (Wildman–Crippen LogP) is 1.47. The van der Waals surface area contributed by atoms with Crippen molar-refractivity contribution in [2.24, 2.45) is 0 Å². The molecule has 1 rings (SSSR count). The Morgan fingerprint density at radius 1 is 1.55 bits per heavy atom. The summed E-state index contributed by atoms with van der Waals surface area (Å²) < 4.78 is 0. The minimum Gasteiger partial charge on any atom is -0.315 e. The third kappa shape index (κ3) is 1.80. The lowest BCUT2D eigenvalue weighted by atomic mass is 10.3. The molecule has 0 aliphatic heterocycles. The van der Waals surface area contributed by atoms with Gasteiger partial charge in [0.05, 0.1) is 5.69 Å². The Hall–Kier alpha value is -1.31. The summed E-state index contributed by atoms with van der Waals surface area (Å²) in [5.41, 5.74) is 0.806. The quantitative estimate of drug-likeness (QED) is 0.590. The van der Waals surface area contributed by atoms with Crippen LogP contribution in [0, 0.1) is 6.07 Å². The molecule has 0 N–H and O–H groups in total. The average Bonchev–Trinajstić information content (AvgIpc) is 2.05. The first-order chi connectivity index (χ1) is 5.22. The highest BCUT2D eigenvalue weighted by atomic mass is 16.2. The Morgan fingerprint density at radius 3 is 2.73 bits per heavy atom. The zero-order valence-corrected chi connectivity index (χ0v) is 6.66. The van der Waals surface area contributed by atoms with Crippen molar-refractivity contribution in [2.75, 3.05) is 11.9 Å². The molecule has 57 valence electrons. The monoisotopic (exact) mass is 148 g/mol. The molecule has 1 radical (unpaired) electrons. The van der Waals surface area contributed by atoms with Gasteiger partial charge < -0.3 is 4.90 Å². The Labute approximate surface area is 66.4 Å². The molecule has 0 fully saturated rings. The summed E-state index contributed by atoms with van der Waals surface area (Å²) in [7, 11) is 1.73. The third-order valence-electron chi connectivity index (χ3n) is 1.53. The normalized spacial score (nSPS) is 9.27. The first-order valence-electron chi connectivity index (χ1n) is 3.43. The average molecular weight is 148 g/mol. The number of carbonyl (C=O) groups excluding carboxylic acids is 1. The molecule has 2 nitrogen and oxygen atoms in total. The molecule has 0 aliphatic rings. The molecule has 0 aromatic heterocycles. The van der Waals surface area contributed by atoms with E-state index in [0.717, 1.165) is 5.69 Å². The number of rotatable bonds is 1. The van der Waals surface area contributed by atoms with Crippen molar-refractivity contribution >= 4 is 11.6 Å². The molecule has 0 heterocycles. The molecule has 1 aromatic carbocycles. The van der Waals surface area contributed by atoms with E-state index in [0.29, 0.717) is 0 Å². The van der Waals surface area contributed by atoms with Crippen molar-refractivity contribution in [3.8, 4) is 0 Å². The van der Waals surface area contributed by atoms with Gasteiger partial charge in [0.1, 0.15) is 0 Å². The molecule has 0 atom stereocenters. The van der Waals surface area contributed by atoms with Crippen LogP contribution >= 0.6 is 0 Å².